The van der Waals surface area contributed by atoms with Crippen LogP contribution in [0, 0.1) is 11.3 Å². The van der Waals surface area contributed by atoms with Gasteiger partial charge in [0.15, 0.2) is 5.16 Å². The van der Waals surface area contributed by atoms with E-state index in [1.165, 1.54) is 18.7 Å². The maximum Gasteiger partial charge on any atom is 0.302 e. The molecular weight excluding hydrogens is 470 g/mol. The van der Waals surface area contributed by atoms with Gasteiger partial charge < -0.3 is 14.6 Å². The summed E-state index contributed by atoms with van der Waals surface area (Å²) in [6.07, 6.45) is 8.78. The average molecular weight is 490 g/mol. The maximum absolute atomic E-state index is 10.9. The van der Waals surface area contributed by atoms with Gasteiger partial charge in [0.25, 0.3) is 0 Å². The van der Waals surface area contributed by atoms with Gasteiger partial charge in [0.05, 0.1) is 21.8 Å². The normalized spacial score (nSPS) is 11.0. The number of rotatable bonds is 7. The third-order valence-electron chi connectivity index (χ3n) is 4.89. The molecule has 0 amide bonds. The molecule has 7 nitrogen and oxygen atoms in total. The molecule has 4 rings (SSSR count). The summed E-state index contributed by atoms with van der Waals surface area (Å²) in [5, 5.41) is 15.2. The zero-order valence-electron chi connectivity index (χ0n) is 18.4. The first kappa shape index (κ1) is 23.4. The highest BCUT2D eigenvalue weighted by Gasteiger charge is 2.12. The second kappa shape index (κ2) is 10.4. The third-order valence-corrected chi connectivity index (χ3v) is 6.46. The van der Waals surface area contributed by atoms with Crippen molar-refractivity contribution in [3.8, 4) is 6.07 Å². The average Bonchev–Trinajstić information content (AvgIpc) is 3.22. The Morgan fingerprint density at radius 2 is 2.15 bits per heavy atom. The molecule has 0 atom stereocenters. The van der Waals surface area contributed by atoms with E-state index >= 15 is 0 Å². The number of hydrogen-bond donors (Lipinski definition) is 1. The number of aromatic nitrogens is 3. The van der Waals surface area contributed by atoms with Crippen molar-refractivity contribution in [2.75, 3.05) is 11.9 Å². The van der Waals surface area contributed by atoms with Crippen LogP contribution in [0.3, 0.4) is 0 Å². The molecule has 0 aliphatic heterocycles. The molecule has 0 unspecified atom stereocenters. The van der Waals surface area contributed by atoms with Crippen LogP contribution in [0.4, 0.5) is 11.4 Å². The fourth-order valence-electron chi connectivity index (χ4n) is 3.24. The third kappa shape index (κ3) is 5.39. The second-order valence-corrected chi connectivity index (χ2v) is 8.75. The Morgan fingerprint density at radius 1 is 1.29 bits per heavy atom. The molecule has 0 radical (unpaired) electrons. The molecule has 0 fully saturated rings. The highest BCUT2D eigenvalue weighted by atomic mass is 35.5. The van der Waals surface area contributed by atoms with Gasteiger partial charge in [0, 0.05) is 48.5 Å². The predicted molar refractivity (Wildman–Crippen MR) is 134 cm³/mol. The lowest BCUT2D eigenvalue weighted by molar-refractivity contribution is -0.139. The van der Waals surface area contributed by atoms with Crippen molar-refractivity contribution in [3.63, 3.8) is 0 Å². The number of nitrogens with one attached hydrogen (secondary N) is 1. The zero-order chi connectivity index (χ0) is 24.1. The number of nitriles is 1. The van der Waals surface area contributed by atoms with Crippen molar-refractivity contribution in [3.05, 3.63) is 77.2 Å². The maximum atomic E-state index is 10.9. The van der Waals surface area contributed by atoms with Crippen LogP contribution in [0.1, 0.15) is 18.1 Å². The van der Waals surface area contributed by atoms with Gasteiger partial charge in [-0.2, -0.15) is 5.26 Å². The Balaban J connectivity index is 1.60. The van der Waals surface area contributed by atoms with Gasteiger partial charge in [0.1, 0.15) is 12.7 Å². The van der Waals surface area contributed by atoms with E-state index in [0.29, 0.717) is 16.3 Å². The molecule has 0 aliphatic carbocycles. The minimum atomic E-state index is -0.326. The Kier molecular flexibility index (Phi) is 7.16. The number of hydrogen-bond acceptors (Lipinski definition) is 7. The Hall–Kier alpha value is -3.80. The number of pyridine rings is 1. The molecule has 0 saturated heterocycles. The van der Waals surface area contributed by atoms with Crippen LogP contribution in [0.2, 0.25) is 5.02 Å². The molecule has 2 aromatic heterocycles. The van der Waals surface area contributed by atoms with E-state index in [-0.39, 0.29) is 12.6 Å². The van der Waals surface area contributed by atoms with Crippen LogP contribution in [0.25, 0.3) is 17.0 Å². The molecule has 2 aromatic carbocycles. The molecule has 4 aromatic rings. The molecule has 0 bridgehead atoms. The number of fused-ring (bicyclic) bond motifs is 1. The first-order valence-corrected chi connectivity index (χ1v) is 11.5. The van der Waals surface area contributed by atoms with Gasteiger partial charge in [-0.15, -0.1) is 0 Å². The number of imidazole rings is 1. The first-order valence-electron chi connectivity index (χ1n) is 10.3. The largest absolute Gasteiger partial charge is 0.462 e. The summed E-state index contributed by atoms with van der Waals surface area (Å²) < 4.78 is 6.84. The molecule has 0 spiro atoms. The standard InChI is InChI=1S/C25H20ClN5O2S/c1-16(32)33-11-3-4-17-5-7-20-22(12-17)29-15-18(14-27)24(20)30-19-6-8-23(21(26)13-19)34-25-28-9-10-31(25)2/h3-10,12-13,15H,11H2,1-2H3,(H,29,30)/b4-3+. The number of ether oxygens (including phenoxy) is 1. The zero-order valence-corrected chi connectivity index (χ0v) is 20.0. The van der Waals surface area contributed by atoms with Crippen molar-refractivity contribution in [2.24, 2.45) is 7.05 Å². The van der Waals surface area contributed by atoms with Crippen LogP contribution in [0.5, 0.6) is 0 Å². The van der Waals surface area contributed by atoms with Crippen molar-refractivity contribution >= 4 is 57.7 Å². The van der Waals surface area contributed by atoms with Gasteiger partial charge >= 0.3 is 5.97 Å². The Morgan fingerprint density at radius 3 is 2.85 bits per heavy atom. The number of nitrogens with zero attached hydrogens (tertiary/aromatic N) is 4. The van der Waals surface area contributed by atoms with E-state index < -0.39 is 0 Å². The molecule has 0 aliphatic rings. The summed E-state index contributed by atoms with van der Waals surface area (Å²) in [6, 6.07) is 13.6. The molecule has 170 valence electrons. The minimum absolute atomic E-state index is 0.205. The summed E-state index contributed by atoms with van der Waals surface area (Å²) in [4.78, 5) is 20.5. The van der Waals surface area contributed by atoms with E-state index in [0.717, 1.165) is 32.2 Å². The molecule has 0 saturated carbocycles. The number of benzene rings is 2. The second-order valence-electron chi connectivity index (χ2n) is 7.33. The van der Waals surface area contributed by atoms with Gasteiger partial charge in [0.2, 0.25) is 0 Å². The smallest absolute Gasteiger partial charge is 0.302 e. The lowest BCUT2D eigenvalue weighted by atomic mass is 10.1. The summed E-state index contributed by atoms with van der Waals surface area (Å²) in [7, 11) is 1.93. The Bertz CT molecular complexity index is 1440. The monoisotopic (exact) mass is 489 g/mol. The fourth-order valence-corrected chi connectivity index (χ4v) is 4.34. The number of aryl methyl sites for hydroxylation is 1. The first-order chi connectivity index (χ1) is 16.4. The minimum Gasteiger partial charge on any atom is -0.462 e. The number of anilines is 2. The molecule has 2 heterocycles. The van der Waals surface area contributed by atoms with Crippen molar-refractivity contribution < 1.29 is 9.53 Å². The quantitative estimate of drug-likeness (QED) is 0.320. The van der Waals surface area contributed by atoms with E-state index in [9.17, 15) is 10.1 Å². The molecule has 9 heteroatoms. The highest BCUT2D eigenvalue weighted by molar-refractivity contribution is 7.99. The van der Waals surface area contributed by atoms with Gasteiger partial charge in [-0.3, -0.25) is 9.78 Å². The van der Waals surface area contributed by atoms with Gasteiger partial charge in [-0.05, 0) is 35.9 Å². The molecule has 34 heavy (non-hydrogen) atoms. The summed E-state index contributed by atoms with van der Waals surface area (Å²) in [6.45, 7) is 1.57. The van der Waals surface area contributed by atoms with Crippen molar-refractivity contribution in [1.82, 2.24) is 14.5 Å². The predicted octanol–water partition coefficient (Wildman–Crippen LogP) is 5.96. The summed E-state index contributed by atoms with van der Waals surface area (Å²) in [5.74, 6) is -0.326. The number of carbonyl (C=O) groups is 1. The van der Waals surface area contributed by atoms with Crippen LogP contribution < -0.4 is 5.32 Å². The lowest BCUT2D eigenvalue weighted by Crippen LogP contribution is -1.98. The van der Waals surface area contributed by atoms with Gasteiger partial charge in [-0.25, -0.2) is 4.98 Å². The fraction of sp³-hybridized carbons (Fsp3) is 0.120. The number of halogens is 1. The Labute approximate surface area is 206 Å². The number of esters is 1. The highest BCUT2D eigenvalue weighted by Crippen LogP contribution is 2.36. The van der Waals surface area contributed by atoms with Crippen molar-refractivity contribution in [2.45, 2.75) is 17.0 Å². The van der Waals surface area contributed by atoms with E-state index in [1.807, 2.05) is 60.3 Å². The lowest BCUT2D eigenvalue weighted by Gasteiger charge is -2.13. The van der Waals surface area contributed by atoms with Gasteiger partial charge in [-0.1, -0.05) is 41.6 Å². The van der Waals surface area contributed by atoms with E-state index in [4.69, 9.17) is 16.3 Å². The summed E-state index contributed by atoms with van der Waals surface area (Å²) in [5.41, 5.74) is 3.46. The molecular formula is C25H20ClN5O2S. The SMILES string of the molecule is CC(=O)OC/C=C/c1ccc2c(Nc3ccc(Sc4nccn4C)c(Cl)c3)c(C#N)cnc2c1. The van der Waals surface area contributed by atoms with Crippen LogP contribution in [-0.4, -0.2) is 27.1 Å². The topological polar surface area (TPSA) is 92.8 Å². The van der Waals surface area contributed by atoms with Crippen LogP contribution in [-0.2, 0) is 16.6 Å². The van der Waals surface area contributed by atoms with Crippen molar-refractivity contribution in [1.29, 1.82) is 5.26 Å². The van der Waals surface area contributed by atoms with E-state index in [1.54, 1.807) is 18.5 Å². The summed E-state index contributed by atoms with van der Waals surface area (Å²) >= 11 is 8.02. The van der Waals surface area contributed by atoms with E-state index in [2.05, 4.69) is 21.4 Å². The molecule has 1 N–H and O–H groups in total. The van der Waals surface area contributed by atoms with Crippen LogP contribution in [0.15, 0.2) is 71.1 Å². The van der Waals surface area contributed by atoms with Crippen LogP contribution >= 0.6 is 23.4 Å². The number of carbonyl (C=O) groups excluding carboxylic acids is 1.